The number of hydrogen-bond donors (Lipinski definition) is 1. The maximum atomic E-state index is 10.6. The summed E-state index contributed by atoms with van der Waals surface area (Å²) < 4.78 is 1.92. The summed E-state index contributed by atoms with van der Waals surface area (Å²) in [6.07, 6.45) is 4.46. The fourth-order valence-electron chi connectivity index (χ4n) is 3.01. The van der Waals surface area contributed by atoms with Gasteiger partial charge in [0.05, 0.1) is 22.5 Å². The smallest absolute Gasteiger partial charge is 0.0937 e. The minimum Gasteiger partial charge on any atom is -0.387 e. The molecule has 0 aliphatic heterocycles. The molecule has 0 radical (unpaired) electrons. The lowest BCUT2D eigenvalue weighted by molar-refractivity contribution is 0.179. The molecule has 0 aromatic carbocycles. The van der Waals surface area contributed by atoms with Crippen molar-refractivity contribution in [3.8, 4) is 0 Å². The van der Waals surface area contributed by atoms with Crippen molar-refractivity contribution in [2.24, 2.45) is 0 Å². The average Bonchev–Trinajstić information content (AvgIpc) is 3.13. The van der Waals surface area contributed by atoms with Crippen molar-refractivity contribution >= 4 is 22.9 Å². The van der Waals surface area contributed by atoms with E-state index in [0.29, 0.717) is 6.42 Å². The van der Waals surface area contributed by atoms with Crippen molar-refractivity contribution in [1.82, 2.24) is 9.78 Å². The van der Waals surface area contributed by atoms with Gasteiger partial charge in [-0.1, -0.05) is 18.5 Å². The lowest BCUT2D eigenvalue weighted by atomic mass is 10.1. The van der Waals surface area contributed by atoms with E-state index in [2.05, 4.69) is 25.0 Å². The van der Waals surface area contributed by atoms with Crippen molar-refractivity contribution in [2.45, 2.75) is 58.6 Å². The number of aliphatic hydroxyl groups is 1. The van der Waals surface area contributed by atoms with Crippen LogP contribution in [-0.4, -0.2) is 14.9 Å². The van der Waals surface area contributed by atoms with Gasteiger partial charge >= 0.3 is 0 Å². The van der Waals surface area contributed by atoms with Crippen molar-refractivity contribution in [1.29, 1.82) is 0 Å². The van der Waals surface area contributed by atoms with Crippen LogP contribution in [0.25, 0.3) is 0 Å². The monoisotopic (exact) mass is 324 g/mol. The molecule has 0 fully saturated rings. The van der Waals surface area contributed by atoms with E-state index in [1.54, 1.807) is 11.3 Å². The fourth-order valence-corrected chi connectivity index (χ4v) is 4.60. The van der Waals surface area contributed by atoms with Crippen LogP contribution < -0.4 is 0 Å². The number of nitrogens with zero attached hydrogens (tertiary/aromatic N) is 2. The van der Waals surface area contributed by atoms with Gasteiger partial charge in [-0.3, -0.25) is 4.68 Å². The molecule has 1 N–H and O–H groups in total. The number of aryl methyl sites for hydroxylation is 4. The Morgan fingerprint density at radius 3 is 2.90 bits per heavy atom. The SMILES string of the molecule is CCc1nn(CC)c(CC(O)c2cc3c(s2)CCC3)c1Cl. The third-order valence-electron chi connectivity index (χ3n) is 4.17. The molecule has 0 amide bonds. The Balaban J connectivity index is 1.83. The normalized spacial score (nSPS) is 15.4. The first kappa shape index (κ1) is 15.1. The van der Waals surface area contributed by atoms with Gasteiger partial charge in [0.2, 0.25) is 0 Å². The number of halogens is 1. The average molecular weight is 325 g/mol. The Hall–Kier alpha value is -0.840. The van der Waals surface area contributed by atoms with Gasteiger partial charge in [-0.2, -0.15) is 5.10 Å². The van der Waals surface area contributed by atoms with Crippen LogP contribution in [0.15, 0.2) is 6.07 Å². The van der Waals surface area contributed by atoms with Gasteiger partial charge in [-0.25, -0.2) is 0 Å². The summed E-state index contributed by atoms with van der Waals surface area (Å²) in [5.74, 6) is 0. The minimum atomic E-state index is -0.482. The van der Waals surface area contributed by atoms with Crippen molar-refractivity contribution in [3.05, 3.63) is 37.8 Å². The van der Waals surface area contributed by atoms with E-state index < -0.39 is 6.10 Å². The zero-order valence-corrected chi connectivity index (χ0v) is 14.1. The summed E-state index contributed by atoms with van der Waals surface area (Å²) in [6.45, 7) is 4.89. The second-order valence-electron chi connectivity index (χ2n) is 5.55. The maximum Gasteiger partial charge on any atom is 0.0937 e. The van der Waals surface area contributed by atoms with Gasteiger partial charge in [0, 0.05) is 22.7 Å². The molecule has 1 unspecified atom stereocenters. The van der Waals surface area contributed by atoms with Crippen LogP contribution in [0.5, 0.6) is 0 Å². The van der Waals surface area contributed by atoms with Gasteiger partial charge < -0.3 is 5.11 Å². The fraction of sp³-hybridized carbons (Fsp3) is 0.562. The van der Waals surface area contributed by atoms with Crippen LogP contribution in [0, 0.1) is 0 Å². The summed E-state index contributed by atoms with van der Waals surface area (Å²) in [5.41, 5.74) is 3.31. The molecule has 2 aromatic rings. The molecule has 2 heterocycles. The van der Waals surface area contributed by atoms with Gasteiger partial charge in [-0.05, 0) is 44.2 Å². The highest BCUT2D eigenvalue weighted by atomic mass is 35.5. The summed E-state index contributed by atoms with van der Waals surface area (Å²) in [7, 11) is 0. The Morgan fingerprint density at radius 1 is 1.43 bits per heavy atom. The highest BCUT2D eigenvalue weighted by molar-refractivity contribution is 7.12. The molecule has 114 valence electrons. The first-order chi connectivity index (χ1) is 10.1. The van der Waals surface area contributed by atoms with Crippen LogP contribution in [0.1, 0.15) is 53.1 Å². The van der Waals surface area contributed by atoms with Crippen LogP contribution in [-0.2, 0) is 32.2 Å². The lowest BCUT2D eigenvalue weighted by Crippen LogP contribution is -2.08. The number of aromatic nitrogens is 2. The molecule has 1 aliphatic carbocycles. The molecule has 3 nitrogen and oxygen atoms in total. The molecular formula is C16H21ClN2OS. The van der Waals surface area contributed by atoms with E-state index in [0.717, 1.165) is 40.7 Å². The van der Waals surface area contributed by atoms with Crippen LogP contribution in [0.4, 0.5) is 0 Å². The maximum absolute atomic E-state index is 10.6. The molecule has 3 rings (SSSR count). The summed E-state index contributed by atoms with van der Waals surface area (Å²) in [4.78, 5) is 2.52. The van der Waals surface area contributed by atoms with E-state index in [1.165, 1.54) is 23.3 Å². The van der Waals surface area contributed by atoms with Crippen LogP contribution in [0.3, 0.4) is 0 Å². The Kier molecular flexibility index (Phi) is 4.38. The second-order valence-corrected chi connectivity index (χ2v) is 7.09. The van der Waals surface area contributed by atoms with Gasteiger partial charge in [-0.15, -0.1) is 11.3 Å². The third-order valence-corrected chi connectivity index (χ3v) is 5.95. The first-order valence-corrected chi connectivity index (χ1v) is 8.87. The molecule has 0 spiro atoms. The van der Waals surface area contributed by atoms with Gasteiger partial charge in [0.15, 0.2) is 0 Å². The molecule has 5 heteroatoms. The summed E-state index contributed by atoms with van der Waals surface area (Å²) >= 11 is 8.18. The Labute approximate surface area is 134 Å². The minimum absolute atomic E-state index is 0.482. The predicted octanol–water partition coefficient (Wildman–Crippen LogP) is 3.95. The Morgan fingerprint density at radius 2 is 2.24 bits per heavy atom. The zero-order chi connectivity index (χ0) is 15.0. The number of fused-ring (bicyclic) bond motifs is 1. The standard InChI is InChI=1S/C16H21ClN2OS/c1-3-11-16(17)12(19(4-2)18-11)9-13(20)15-8-10-6-5-7-14(10)21-15/h8,13,20H,3-7,9H2,1-2H3. The highest BCUT2D eigenvalue weighted by Crippen LogP contribution is 2.35. The van der Waals surface area contributed by atoms with E-state index in [1.807, 2.05) is 4.68 Å². The molecule has 0 bridgehead atoms. The van der Waals surface area contributed by atoms with Crippen molar-refractivity contribution in [3.63, 3.8) is 0 Å². The number of hydrogen-bond acceptors (Lipinski definition) is 3. The molecule has 2 aromatic heterocycles. The molecule has 0 saturated carbocycles. The molecule has 1 atom stereocenters. The van der Waals surface area contributed by atoms with E-state index in [-0.39, 0.29) is 0 Å². The van der Waals surface area contributed by atoms with Crippen molar-refractivity contribution in [2.75, 3.05) is 0 Å². The lowest BCUT2D eigenvalue weighted by Gasteiger charge is -2.10. The van der Waals surface area contributed by atoms with Crippen LogP contribution >= 0.6 is 22.9 Å². The quantitative estimate of drug-likeness (QED) is 0.904. The predicted molar refractivity (Wildman–Crippen MR) is 87.3 cm³/mol. The topological polar surface area (TPSA) is 38.0 Å². The Bertz CT molecular complexity index is 625. The second kappa shape index (κ2) is 6.11. The summed E-state index contributed by atoms with van der Waals surface area (Å²) in [5, 5.41) is 15.8. The van der Waals surface area contributed by atoms with E-state index in [4.69, 9.17) is 11.6 Å². The highest BCUT2D eigenvalue weighted by Gasteiger charge is 2.22. The zero-order valence-electron chi connectivity index (χ0n) is 12.5. The molecular weight excluding hydrogens is 304 g/mol. The first-order valence-electron chi connectivity index (χ1n) is 7.67. The number of rotatable bonds is 5. The largest absolute Gasteiger partial charge is 0.387 e. The number of thiophene rings is 1. The van der Waals surface area contributed by atoms with Crippen LogP contribution in [0.2, 0.25) is 5.02 Å². The van der Waals surface area contributed by atoms with E-state index in [9.17, 15) is 5.11 Å². The third kappa shape index (κ3) is 2.77. The molecule has 1 aliphatic rings. The summed E-state index contributed by atoms with van der Waals surface area (Å²) in [6, 6.07) is 2.18. The van der Waals surface area contributed by atoms with Crippen molar-refractivity contribution < 1.29 is 5.11 Å². The molecule has 21 heavy (non-hydrogen) atoms. The molecule has 0 saturated heterocycles. The van der Waals surface area contributed by atoms with E-state index >= 15 is 0 Å². The van der Waals surface area contributed by atoms with Gasteiger partial charge in [0.1, 0.15) is 0 Å². The number of aliphatic hydroxyl groups excluding tert-OH is 1. The van der Waals surface area contributed by atoms with Gasteiger partial charge in [0.25, 0.3) is 0 Å².